The number of carbonyl (C=O) groups excluding carboxylic acids is 1. The highest BCUT2D eigenvalue weighted by Gasteiger charge is 2.26. The zero-order chi connectivity index (χ0) is 13.7. The van der Waals surface area contributed by atoms with Gasteiger partial charge in [-0.15, -0.1) is 0 Å². The van der Waals surface area contributed by atoms with E-state index in [-0.39, 0.29) is 17.6 Å². The van der Waals surface area contributed by atoms with Crippen LogP contribution in [0.2, 0.25) is 0 Å². The van der Waals surface area contributed by atoms with E-state index in [0.717, 1.165) is 17.1 Å². The quantitative estimate of drug-likeness (QED) is 0.776. The number of hydrogen-bond donors (Lipinski definition) is 0. The maximum atomic E-state index is 12.1. The second kappa shape index (κ2) is 6.43. The SMILES string of the molecule is CCC(=O)C(c1cc(OC)ccc1OC)C(C)C. The second-order valence-corrected chi connectivity index (χ2v) is 4.65. The summed E-state index contributed by atoms with van der Waals surface area (Å²) in [5, 5.41) is 0. The first kappa shape index (κ1) is 14.6. The van der Waals surface area contributed by atoms with E-state index in [1.165, 1.54) is 0 Å². The van der Waals surface area contributed by atoms with E-state index in [4.69, 9.17) is 9.47 Å². The lowest BCUT2D eigenvalue weighted by Crippen LogP contribution is -2.18. The minimum absolute atomic E-state index is 0.139. The normalized spacial score (nSPS) is 12.3. The summed E-state index contributed by atoms with van der Waals surface area (Å²) < 4.78 is 10.6. The maximum absolute atomic E-state index is 12.1. The molecule has 1 unspecified atom stereocenters. The number of ether oxygens (including phenoxy) is 2. The molecule has 0 heterocycles. The second-order valence-electron chi connectivity index (χ2n) is 4.65. The maximum Gasteiger partial charge on any atom is 0.140 e. The van der Waals surface area contributed by atoms with Gasteiger partial charge < -0.3 is 9.47 Å². The molecule has 1 aromatic rings. The monoisotopic (exact) mass is 250 g/mol. The zero-order valence-electron chi connectivity index (χ0n) is 11.8. The predicted octanol–water partition coefficient (Wildman–Crippen LogP) is 3.42. The van der Waals surface area contributed by atoms with Crippen LogP contribution in [0.3, 0.4) is 0 Å². The van der Waals surface area contributed by atoms with Gasteiger partial charge in [-0.2, -0.15) is 0 Å². The van der Waals surface area contributed by atoms with Gasteiger partial charge >= 0.3 is 0 Å². The van der Waals surface area contributed by atoms with E-state index in [1.54, 1.807) is 14.2 Å². The van der Waals surface area contributed by atoms with Crippen LogP contribution in [-0.2, 0) is 4.79 Å². The largest absolute Gasteiger partial charge is 0.497 e. The molecule has 0 saturated carbocycles. The van der Waals surface area contributed by atoms with Gasteiger partial charge in [0.15, 0.2) is 0 Å². The van der Waals surface area contributed by atoms with Crippen molar-refractivity contribution in [2.75, 3.05) is 14.2 Å². The molecule has 3 nitrogen and oxygen atoms in total. The van der Waals surface area contributed by atoms with Crippen molar-refractivity contribution < 1.29 is 14.3 Å². The molecule has 0 radical (unpaired) electrons. The minimum atomic E-state index is -0.139. The number of hydrogen-bond acceptors (Lipinski definition) is 3. The van der Waals surface area contributed by atoms with Crippen molar-refractivity contribution in [3.8, 4) is 11.5 Å². The summed E-state index contributed by atoms with van der Waals surface area (Å²) in [6, 6.07) is 5.60. The standard InChI is InChI=1S/C15H22O3/c1-6-13(16)15(10(2)3)12-9-11(17-4)7-8-14(12)18-5/h7-10,15H,6H2,1-5H3. The van der Waals surface area contributed by atoms with Gasteiger partial charge in [0.05, 0.1) is 14.2 Å². The van der Waals surface area contributed by atoms with Crippen molar-refractivity contribution in [2.24, 2.45) is 5.92 Å². The number of methoxy groups -OCH3 is 2. The lowest BCUT2D eigenvalue weighted by atomic mass is 9.83. The van der Waals surface area contributed by atoms with Crippen LogP contribution in [0.25, 0.3) is 0 Å². The van der Waals surface area contributed by atoms with Gasteiger partial charge in [0.25, 0.3) is 0 Å². The molecule has 0 amide bonds. The minimum Gasteiger partial charge on any atom is -0.497 e. The van der Waals surface area contributed by atoms with E-state index >= 15 is 0 Å². The third-order valence-electron chi connectivity index (χ3n) is 3.13. The lowest BCUT2D eigenvalue weighted by Gasteiger charge is -2.22. The fourth-order valence-corrected chi connectivity index (χ4v) is 2.21. The molecule has 18 heavy (non-hydrogen) atoms. The van der Waals surface area contributed by atoms with Gasteiger partial charge in [-0.3, -0.25) is 4.79 Å². The number of ketones is 1. The summed E-state index contributed by atoms with van der Waals surface area (Å²) in [4.78, 5) is 12.1. The van der Waals surface area contributed by atoms with Crippen LogP contribution in [0.1, 0.15) is 38.7 Å². The predicted molar refractivity (Wildman–Crippen MR) is 72.4 cm³/mol. The average molecular weight is 250 g/mol. The van der Waals surface area contributed by atoms with E-state index in [1.807, 2.05) is 25.1 Å². The molecule has 0 aliphatic carbocycles. The summed E-state index contributed by atoms with van der Waals surface area (Å²) in [7, 11) is 3.25. The van der Waals surface area contributed by atoms with Crippen LogP contribution in [0.4, 0.5) is 0 Å². The summed E-state index contributed by atoms with van der Waals surface area (Å²) in [6.45, 7) is 6.00. The number of benzene rings is 1. The molecule has 1 aromatic carbocycles. The summed E-state index contributed by atoms with van der Waals surface area (Å²) in [6.07, 6.45) is 0.531. The molecule has 3 heteroatoms. The molecular weight excluding hydrogens is 228 g/mol. The van der Waals surface area contributed by atoms with Gasteiger partial charge in [0.1, 0.15) is 17.3 Å². The van der Waals surface area contributed by atoms with E-state index in [2.05, 4.69) is 13.8 Å². The smallest absolute Gasteiger partial charge is 0.140 e. The van der Waals surface area contributed by atoms with Crippen LogP contribution in [0, 0.1) is 5.92 Å². The Balaban J connectivity index is 3.28. The molecule has 1 atom stereocenters. The number of carbonyl (C=O) groups is 1. The Hall–Kier alpha value is -1.51. The Morgan fingerprint density at radius 3 is 2.33 bits per heavy atom. The van der Waals surface area contributed by atoms with Crippen molar-refractivity contribution >= 4 is 5.78 Å². The first-order valence-corrected chi connectivity index (χ1v) is 6.29. The average Bonchev–Trinajstić information content (AvgIpc) is 2.38. The molecule has 0 bridgehead atoms. The molecule has 0 N–H and O–H groups in total. The number of rotatable bonds is 6. The Morgan fingerprint density at radius 2 is 1.89 bits per heavy atom. The molecule has 1 rings (SSSR count). The summed E-state index contributed by atoms with van der Waals surface area (Å²) >= 11 is 0. The Bertz CT molecular complexity index is 410. The topological polar surface area (TPSA) is 35.5 Å². The highest BCUT2D eigenvalue weighted by Crippen LogP contribution is 2.35. The molecule has 0 spiro atoms. The third kappa shape index (κ3) is 3.03. The van der Waals surface area contributed by atoms with Gasteiger partial charge in [0.2, 0.25) is 0 Å². The van der Waals surface area contributed by atoms with Gasteiger partial charge in [0, 0.05) is 17.9 Å². The summed E-state index contributed by atoms with van der Waals surface area (Å²) in [5.74, 6) is 1.83. The fourth-order valence-electron chi connectivity index (χ4n) is 2.21. The first-order chi connectivity index (χ1) is 8.54. The van der Waals surface area contributed by atoms with E-state index in [0.29, 0.717) is 6.42 Å². The van der Waals surface area contributed by atoms with Crippen LogP contribution in [0.15, 0.2) is 18.2 Å². The Kier molecular flexibility index (Phi) is 5.20. The molecule has 0 aliphatic heterocycles. The van der Waals surface area contributed by atoms with Crippen LogP contribution in [-0.4, -0.2) is 20.0 Å². The molecule has 0 aliphatic rings. The van der Waals surface area contributed by atoms with Crippen molar-refractivity contribution in [3.05, 3.63) is 23.8 Å². The van der Waals surface area contributed by atoms with E-state index < -0.39 is 0 Å². The lowest BCUT2D eigenvalue weighted by molar-refractivity contribution is -0.121. The molecular formula is C15H22O3. The van der Waals surface area contributed by atoms with Gasteiger partial charge in [-0.05, 0) is 24.1 Å². The van der Waals surface area contributed by atoms with E-state index in [9.17, 15) is 4.79 Å². The fraction of sp³-hybridized carbons (Fsp3) is 0.533. The molecule has 0 aromatic heterocycles. The van der Waals surface area contributed by atoms with Crippen molar-refractivity contribution in [1.82, 2.24) is 0 Å². The van der Waals surface area contributed by atoms with Gasteiger partial charge in [-0.25, -0.2) is 0 Å². The first-order valence-electron chi connectivity index (χ1n) is 6.29. The Morgan fingerprint density at radius 1 is 1.22 bits per heavy atom. The van der Waals surface area contributed by atoms with Crippen molar-refractivity contribution in [2.45, 2.75) is 33.1 Å². The van der Waals surface area contributed by atoms with Crippen LogP contribution < -0.4 is 9.47 Å². The van der Waals surface area contributed by atoms with Crippen LogP contribution in [0.5, 0.6) is 11.5 Å². The Labute approximate surface area is 109 Å². The van der Waals surface area contributed by atoms with Gasteiger partial charge in [-0.1, -0.05) is 20.8 Å². The molecule has 0 fully saturated rings. The highest BCUT2D eigenvalue weighted by atomic mass is 16.5. The molecule has 0 saturated heterocycles. The summed E-state index contributed by atoms with van der Waals surface area (Å²) in [5.41, 5.74) is 0.915. The van der Waals surface area contributed by atoms with Crippen molar-refractivity contribution in [3.63, 3.8) is 0 Å². The van der Waals surface area contributed by atoms with Crippen LogP contribution >= 0.6 is 0 Å². The highest BCUT2D eigenvalue weighted by molar-refractivity contribution is 5.86. The van der Waals surface area contributed by atoms with Crippen molar-refractivity contribution in [1.29, 1.82) is 0 Å². The molecule has 100 valence electrons. The zero-order valence-corrected chi connectivity index (χ0v) is 11.8. The number of Topliss-reactive ketones (excluding diaryl/α,β-unsaturated/α-hetero) is 1. The third-order valence-corrected chi connectivity index (χ3v) is 3.13.